The average molecular weight is 480 g/mol. The fourth-order valence-electron chi connectivity index (χ4n) is 4.73. The van der Waals surface area contributed by atoms with Crippen LogP contribution in [-0.2, 0) is 32.0 Å². The largest absolute Gasteiger partial charge is 0.467 e. The Morgan fingerprint density at radius 3 is 2.17 bits per heavy atom. The lowest BCUT2D eigenvalue weighted by molar-refractivity contribution is -0.150. The molecule has 35 heavy (non-hydrogen) atoms. The molecule has 2 amide bonds. The molecule has 0 radical (unpaired) electrons. The second kappa shape index (κ2) is 11.4. The first-order chi connectivity index (χ1) is 16.7. The van der Waals surface area contributed by atoms with Crippen LogP contribution in [0.4, 0.5) is 11.4 Å². The molecule has 0 spiro atoms. The molecule has 0 saturated carbocycles. The van der Waals surface area contributed by atoms with Gasteiger partial charge in [-0.1, -0.05) is 38.1 Å². The number of amides is 2. The number of methoxy groups -OCH3 is 1. The molecule has 2 aromatic carbocycles. The molecule has 1 aliphatic carbocycles. The summed E-state index contributed by atoms with van der Waals surface area (Å²) in [4.78, 5) is 42.0. The molecular formula is C28H37N3O4. The minimum Gasteiger partial charge on any atom is -0.467 e. The zero-order chi connectivity index (χ0) is 25.6. The molecule has 2 aromatic rings. The number of nitrogens with one attached hydrogen (secondary N) is 2. The van der Waals surface area contributed by atoms with Gasteiger partial charge in [-0.05, 0) is 74.4 Å². The van der Waals surface area contributed by atoms with Gasteiger partial charge in [-0.25, -0.2) is 4.79 Å². The molecule has 188 valence electrons. The summed E-state index contributed by atoms with van der Waals surface area (Å²) in [6.45, 7) is 9.65. The summed E-state index contributed by atoms with van der Waals surface area (Å²) in [6.07, 6.45) is 1.22. The monoisotopic (exact) mass is 479 g/mol. The third-order valence-electron chi connectivity index (χ3n) is 6.96. The summed E-state index contributed by atoms with van der Waals surface area (Å²) in [6, 6.07) is 14.7. The molecule has 3 rings (SSSR count). The minimum atomic E-state index is -1.34. The number of hydrogen-bond donors (Lipinski definition) is 2. The number of anilines is 2. The number of rotatable bonds is 9. The van der Waals surface area contributed by atoms with E-state index in [-0.39, 0.29) is 18.2 Å². The molecule has 2 atom stereocenters. The number of fused-ring (bicyclic) bond motifs is 1. The van der Waals surface area contributed by atoms with E-state index in [1.807, 2.05) is 62.4 Å². The molecule has 0 heterocycles. The molecule has 2 N–H and O–H groups in total. The Bertz CT molecular complexity index is 1050. The first kappa shape index (κ1) is 26.3. The Morgan fingerprint density at radius 2 is 1.60 bits per heavy atom. The van der Waals surface area contributed by atoms with E-state index in [1.165, 1.54) is 7.11 Å². The average Bonchev–Trinajstić information content (AvgIpc) is 2.87. The number of ether oxygens (including phenoxy) is 1. The van der Waals surface area contributed by atoms with E-state index in [1.54, 1.807) is 0 Å². The molecule has 7 nitrogen and oxygen atoms in total. The highest BCUT2D eigenvalue weighted by Gasteiger charge is 2.49. The van der Waals surface area contributed by atoms with Crippen LogP contribution < -0.4 is 15.5 Å². The van der Waals surface area contributed by atoms with Crippen LogP contribution in [0.25, 0.3) is 0 Å². The van der Waals surface area contributed by atoms with Crippen LogP contribution in [0.5, 0.6) is 0 Å². The fourth-order valence-corrected chi connectivity index (χ4v) is 4.73. The Labute approximate surface area is 208 Å². The van der Waals surface area contributed by atoms with E-state index < -0.39 is 23.3 Å². The normalized spacial score (nSPS) is 17.8. The lowest BCUT2D eigenvalue weighted by Crippen LogP contribution is -2.57. The van der Waals surface area contributed by atoms with Gasteiger partial charge in [0, 0.05) is 24.5 Å². The predicted octanol–water partition coefficient (Wildman–Crippen LogP) is 3.96. The summed E-state index contributed by atoms with van der Waals surface area (Å²) in [7, 11) is 1.30. The number of carbonyl (C=O) groups excluding carboxylic acids is 3. The van der Waals surface area contributed by atoms with Crippen molar-refractivity contribution in [2.24, 2.45) is 11.3 Å². The molecule has 0 saturated heterocycles. The zero-order valence-electron chi connectivity index (χ0n) is 21.4. The van der Waals surface area contributed by atoms with Crippen molar-refractivity contribution in [2.45, 2.75) is 53.0 Å². The lowest BCUT2D eigenvalue weighted by atomic mass is 9.70. The van der Waals surface area contributed by atoms with Gasteiger partial charge in [0.05, 0.1) is 7.11 Å². The summed E-state index contributed by atoms with van der Waals surface area (Å²) >= 11 is 0. The van der Waals surface area contributed by atoms with Crippen LogP contribution in [0, 0.1) is 11.3 Å². The maximum absolute atomic E-state index is 13.8. The highest BCUT2D eigenvalue weighted by Crippen LogP contribution is 2.37. The van der Waals surface area contributed by atoms with Crippen LogP contribution in [-0.4, -0.2) is 44.0 Å². The number of aryl methyl sites for hydroxylation is 1. The van der Waals surface area contributed by atoms with Gasteiger partial charge in [0.25, 0.3) is 0 Å². The maximum Gasteiger partial charge on any atom is 0.328 e. The van der Waals surface area contributed by atoms with E-state index in [2.05, 4.69) is 29.4 Å². The summed E-state index contributed by atoms with van der Waals surface area (Å²) in [5, 5.41) is 5.81. The van der Waals surface area contributed by atoms with Gasteiger partial charge in [0.2, 0.25) is 11.8 Å². The molecule has 1 aliphatic rings. The third-order valence-corrected chi connectivity index (χ3v) is 6.96. The van der Waals surface area contributed by atoms with Gasteiger partial charge in [-0.15, -0.1) is 0 Å². The first-order valence-electron chi connectivity index (χ1n) is 12.4. The van der Waals surface area contributed by atoms with E-state index in [0.29, 0.717) is 18.5 Å². The zero-order valence-corrected chi connectivity index (χ0v) is 21.4. The number of nitrogens with zero attached hydrogens (tertiary/aromatic N) is 1. The highest BCUT2D eigenvalue weighted by atomic mass is 16.5. The predicted molar refractivity (Wildman–Crippen MR) is 138 cm³/mol. The van der Waals surface area contributed by atoms with Gasteiger partial charge in [0.1, 0.15) is 11.5 Å². The first-order valence-corrected chi connectivity index (χ1v) is 12.4. The molecule has 0 fully saturated rings. The standard InChI is InChI=1S/C28H37N3O4/c1-6-31(7-2)23-14-12-22(13-15-23)29-26(33)28(17-16-20-10-8-9-11-21(20)18-28)27(34)30-24(19(3)4)25(32)35-5/h8-15,19,24H,6-7,16-18H2,1-5H3,(H,29,33)(H,30,34)/t24-,28?/m0/s1. The van der Waals surface area contributed by atoms with Crippen molar-refractivity contribution in [1.29, 1.82) is 0 Å². The van der Waals surface area contributed by atoms with Crippen LogP contribution in [0.15, 0.2) is 48.5 Å². The molecule has 0 aliphatic heterocycles. The van der Waals surface area contributed by atoms with Crippen molar-refractivity contribution in [2.75, 3.05) is 30.4 Å². The number of benzene rings is 2. The van der Waals surface area contributed by atoms with Crippen molar-refractivity contribution in [1.82, 2.24) is 5.32 Å². The lowest BCUT2D eigenvalue weighted by Gasteiger charge is -2.37. The quantitative estimate of drug-likeness (QED) is 0.420. The van der Waals surface area contributed by atoms with Gasteiger partial charge in [-0.2, -0.15) is 0 Å². The highest BCUT2D eigenvalue weighted by molar-refractivity contribution is 6.11. The molecule has 0 aromatic heterocycles. The van der Waals surface area contributed by atoms with Crippen LogP contribution >= 0.6 is 0 Å². The molecule has 0 bridgehead atoms. The van der Waals surface area contributed by atoms with E-state index in [9.17, 15) is 14.4 Å². The molecular weight excluding hydrogens is 442 g/mol. The summed E-state index contributed by atoms with van der Waals surface area (Å²) < 4.78 is 4.90. The Morgan fingerprint density at radius 1 is 0.971 bits per heavy atom. The van der Waals surface area contributed by atoms with Crippen molar-refractivity contribution in [3.63, 3.8) is 0 Å². The fraction of sp³-hybridized carbons (Fsp3) is 0.464. The van der Waals surface area contributed by atoms with Gasteiger partial charge >= 0.3 is 5.97 Å². The summed E-state index contributed by atoms with van der Waals surface area (Å²) in [5.41, 5.74) is 2.48. The second-order valence-electron chi connectivity index (χ2n) is 9.42. The van der Waals surface area contributed by atoms with Crippen LogP contribution in [0.2, 0.25) is 0 Å². The Hall–Kier alpha value is -3.35. The van der Waals surface area contributed by atoms with E-state index in [0.717, 1.165) is 29.9 Å². The van der Waals surface area contributed by atoms with Gasteiger partial charge < -0.3 is 20.3 Å². The topological polar surface area (TPSA) is 87.7 Å². The SMILES string of the molecule is CCN(CC)c1ccc(NC(=O)C2(C(=O)N[C@H](C(=O)OC)C(C)C)CCc3ccccc3C2)cc1. The molecule has 7 heteroatoms. The number of hydrogen-bond acceptors (Lipinski definition) is 5. The summed E-state index contributed by atoms with van der Waals surface area (Å²) in [5.74, 6) is -1.53. The van der Waals surface area contributed by atoms with Crippen LogP contribution in [0.1, 0.15) is 45.2 Å². The second-order valence-corrected chi connectivity index (χ2v) is 9.42. The van der Waals surface area contributed by atoms with Gasteiger partial charge in [-0.3, -0.25) is 9.59 Å². The third kappa shape index (κ3) is 5.66. The Balaban J connectivity index is 1.91. The number of esters is 1. The van der Waals surface area contributed by atoms with Gasteiger partial charge in [0.15, 0.2) is 0 Å². The van der Waals surface area contributed by atoms with Crippen LogP contribution in [0.3, 0.4) is 0 Å². The smallest absolute Gasteiger partial charge is 0.328 e. The van der Waals surface area contributed by atoms with Crippen molar-refractivity contribution in [3.05, 3.63) is 59.7 Å². The van der Waals surface area contributed by atoms with Crippen molar-refractivity contribution >= 4 is 29.2 Å². The maximum atomic E-state index is 13.8. The van der Waals surface area contributed by atoms with Crippen molar-refractivity contribution < 1.29 is 19.1 Å². The number of carbonyl (C=O) groups is 3. The van der Waals surface area contributed by atoms with E-state index >= 15 is 0 Å². The molecule has 1 unspecified atom stereocenters. The van der Waals surface area contributed by atoms with E-state index in [4.69, 9.17) is 4.74 Å². The minimum absolute atomic E-state index is 0.185. The Kier molecular flexibility index (Phi) is 8.54. The van der Waals surface area contributed by atoms with Crippen molar-refractivity contribution in [3.8, 4) is 0 Å².